The van der Waals surface area contributed by atoms with Crippen molar-refractivity contribution in [3.8, 4) is 11.8 Å². The molecule has 8 nitrogen and oxygen atoms in total. The van der Waals surface area contributed by atoms with E-state index in [1.807, 2.05) is 25.1 Å². The number of rotatable bonds is 7. The molecule has 0 radical (unpaired) electrons. The first kappa shape index (κ1) is 28.3. The van der Waals surface area contributed by atoms with Gasteiger partial charge in [0, 0.05) is 37.9 Å². The number of benzene rings is 1. The summed E-state index contributed by atoms with van der Waals surface area (Å²) < 4.78 is 47.1. The predicted molar refractivity (Wildman–Crippen MR) is 148 cm³/mol. The van der Waals surface area contributed by atoms with Crippen LogP contribution in [0.4, 0.5) is 24.5 Å². The average Bonchev–Trinajstić information content (AvgIpc) is 3.14. The first-order chi connectivity index (χ1) is 19.1. The summed E-state index contributed by atoms with van der Waals surface area (Å²) in [7, 11) is 0. The minimum absolute atomic E-state index is 0.0906. The van der Waals surface area contributed by atoms with Crippen LogP contribution < -0.4 is 19.9 Å². The van der Waals surface area contributed by atoms with Gasteiger partial charge in [0.25, 0.3) is 5.91 Å². The third-order valence-corrected chi connectivity index (χ3v) is 8.30. The molecule has 212 valence electrons. The molecule has 1 aromatic heterocycles. The van der Waals surface area contributed by atoms with E-state index in [0.717, 1.165) is 61.1 Å². The Labute approximate surface area is 236 Å². The fourth-order valence-corrected chi connectivity index (χ4v) is 6.18. The number of carbonyl (C=O) groups is 1. The fraction of sp³-hybridized carbons (Fsp3) is 0.500. The SMILES string of the molecule is CCc1cc(N2C(=S)N(c3cnc(C#N)c(C(F)(F)F)c3)C(=O)C23CCC3)ccc1OCCN1CCN[C@H](C)C1. The van der Waals surface area contributed by atoms with Crippen LogP contribution in [-0.4, -0.2) is 65.3 Å². The number of nitriles is 1. The fourth-order valence-electron chi connectivity index (χ4n) is 5.71. The van der Waals surface area contributed by atoms with Crippen molar-refractivity contribution in [3.63, 3.8) is 0 Å². The number of ether oxygens (including phenoxy) is 1. The summed E-state index contributed by atoms with van der Waals surface area (Å²) in [6, 6.07) is 8.37. The minimum Gasteiger partial charge on any atom is -0.492 e. The Hall–Kier alpha value is -3.27. The lowest BCUT2D eigenvalue weighted by atomic mass is 9.75. The molecular weight excluding hydrogens is 541 g/mol. The number of hydrogen-bond acceptors (Lipinski definition) is 7. The van der Waals surface area contributed by atoms with E-state index in [1.54, 1.807) is 4.90 Å². The molecule has 1 saturated carbocycles. The lowest BCUT2D eigenvalue weighted by molar-refractivity contribution is -0.138. The highest BCUT2D eigenvalue weighted by molar-refractivity contribution is 7.81. The number of carbonyl (C=O) groups excluding carboxylic acids is 1. The van der Waals surface area contributed by atoms with Gasteiger partial charge >= 0.3 is 6.18 Å². The Bertz CT molecular complexity index is 1360. The first-order valence-electron chi connectivity index (χ1n) is 13.5. The number of anilines is 2. The number of pyridine rings is 1. The lowest BCUT2D eigenvalue weighted by Gasteiger charge is -2.43. The topological polar surface area (TPSA) is 84.7 Å². The van der Waals surface area contributed by atoms with Gasteiger partial charge in [0.2, 0.25) is 0 Å². The maximum Gasteiger partial charge on any atom is 0.419 e. The number of piperazine rings is 1. The molecule has 0 unspecified atom stereocenters. The zero-order valence-electron chi connectivity index (χ0n) is 22.4. The highest BCUT2D eigenvalue weighted by atomic mass is 32.1. The number of aromatic nitrogens is 1. The van der Waals surface area contributed by atoms with Crippen molar-refractivity contribution in [2.45, 2.75) is 57.3 Å². The summed E-state index contributed by atoms with van der Waals surface area (Å²) in [6.45, 7) is 8.45. The Balaban J connectivity index is 1.41. The van der Waals surface area contributed by atoms with Crippen LogP contribution in [0.2, 0.25) is 0 Å². The Morgan fingerprint density at radius 3 is 2.67 bits per heavy atom. The van der Waals surface area contributed by atoms with Crippen LogP contribution in [0.25, 0.3) is 0 Å². The van der Waals surface area contributed by atoms with Crippen molar-refractivity contribution in [2.75, 3.05) is 42.6 Å². The Kier molecular flexibility index (Phi) is 7.74. The standard InChI is InChI=1S/C28H31F3N6O2S/c1-3-19-13-20(5-6-24(19)39-12-11-35-10-9-33-18(2)17-35)37-26(40)36(25(38)27(37)7-4-8-27)21-14-22(28(29,30)31)23(15-32)34-16-21/h5-6,13-14,16,18,33H,3-4,7-12,17H2,1-2H3/t18-/m1/s1. The summed E-state index contributed by atoms with van der Waals surface area (Å²) in [4.78, 5) is 22.7. The van der Waals surface area contributed by atoms with Gasteiger partial charge in [0.05, 0.1) is 17.4 Å². The van der Waals surface area contributed by atoms with E-state index in [0.29, 0.717) is 37.6 Å². The zero-order valence-corrected chi connectivity index (χ0v) is 23.2. The van der Waals surface area contributed by atoms with E-state index < -0.39 is 23.0 Å². The summed E-state index contributed by atoms with van der Waals surface area (Å²) in [5, 5.41) is 12.6. The number of hydrogen-bond donors (Lipinski definition) is 1. The molecular formula is C28H31F3N6O2S. The quantitative estimate of drug-likeness (QED) is 0.493. The second kappa shape index (κ2) is 11.0. The Morgan fingerprint density at radius 1 is 1.27 bits per heavy atom. The van der Waals surface area contributed by atoms with E-state index in [1.165, 1.54) is 6.07 Å². The van der Waals surface area contributed by atoms with Crippen molar-refractivity contribution in [1.82, 2.24) is 15.2 Å². The number of nitrogens with zero attached hydrogens (tertiary/aromatic N) is 5. The van der Waals surface area contributed by atoms with Gasteiger partial charge in [-0.2, -0.15) is 18.4 Å². The molecule has 0 bridgehead atoms. The summed E-state index contributed by atoms with van der Waals surface area (Å²) in [5.74, 6) is 0.378. The second-order valence-corrected chi connectivity index (χ2v) is 10.9. The second-order valence-electron chi connectivity index (χ2n) is 10.5. The molecule has 1 spiro atoms. The zero-order chi connectivity index (χ0) is 28.7. The molecule has 5 rings (SSSR count). The number of alkyl halides is 3. The van der Waals surface area contributed by atoms with E-state index in [4.69, 9.17) is 22.2 Å². The van der Waals surface area contributed by atoms with Crippen LogP contribution >= 0.6 is 12.2 Å². The molecule has 12 heteroatoms. The van der Waals surface area contributed by atoms with Crippen LogP contribution in [0.3, 0.4) is 0 Å². The third kappa shape index (κ3) is 5.02. The summed E-state index contributed by atoms with van der Waals surface area (Å²) in [6.07, 6.45) is -1.16. The molecule has 3 aliphatic rings. The predicted octanol–water partition coefficient (Wildman–Crippen LogP) is 4.27. The monoisotopic (exact) mass is 572 g/mol. The molecule has 1 amide bonds. The number of thiocarbonyl (C=S) groups is 1. The van der Waals surface area contributed by atoms with Crippen molar-refractivity contribution in [3.05, 3.63) is 47.3 Å². The van der Waals surface area contributed by atoms with Crippen molar-refractivity contribution < 1.29 is 22.7 Å². The van der Waals surface area contributed by atoms with Crippen molar-refractivity contribution in [2.24, 2.45) is 0 Å². The molecule has 2 saturated heterocycles. The van der Waals surface area contributed by atoms with E-state index in [9.17, 15) is 18.0 Å². The number of amides is 1. The molecule has 2 aromatic rings. The molecule has 3 heterocycles. The maximum atomic E-state index is 13.7. The van der Waals surface area contributed by atoms with Gasteiger partial charge in [-0.05, 0) is 74.7 Å². The molecule has 2 aliphatic heterocycles. The largest absolute Gasteiger partial charge is 0.492 e. The van der Waals surface area contributed by atoms with E-state index in [-0.39, 0.29) is 16.7 Å². The number of nitrogens with one attached hydrogen (secondary N) is 1. The lowest BCUT2D eigenvalue weighted by Crippen LogP contribution is -2.55. The van der Waals surface area contributed by atoms with Gasteiger partial charge in [-0.25, -0.2) is 4.98 Å². The van der Waals surface area contributed by atoms with Gasteiger partial charge in [0.1, 0.15) is 24.0 Å². The van der Waals surface area contributed by atoms with Crippen molar-refractivity contribution >= 4 is 34.6 Å². The van der Waals surface area contributed by atoms with E-state index in [2.05, 4.69) is 22.1 Å². The number of aryl methyl sites for hydroxylation is 1. The smallest absolute Gasteiger partial charge is 0.419 e. The van der Waals surface area contributed by atoms with Gasteiger partial charge in [-0.15, -0.1) is 0 Å². The molecule has 1 N–H and O–H groups in total. The van der Waals surface area contributed by atoms with Crippen LogP contribution in [0.15, 0.2) is 30.5 Å². The van der Waals surface area contributed by atoms with Gasteiger partial charge in [0.15, 0.2) is 10.8 Å². The molecule has 3 fully saturated rings. The maximum absolute atomic E-state index is 13.7. The minimum atomic E-state index is -4.80. The highest BCUT2D eigenvalue weighted by Crippen LogP contribution is 2.48. The number of halogens is 3. The van der Waals surface area contributed by atoms with Crippen LogP contribution in [0, 0.1) is 11.3 Å². The van der Waals surface area contributed by atoms with Crippen LogP contribution in [0.1, 0.15) is 49.9 Å². The normalized spacial score (nSPS) is 21.1. The molecule has 1 aliphatic carbocycles. The van der Waals surface area contributed by atoms with Crippen molar-refractivity contribution in [1.29, 1.82) is 5.26 Å². The summed E-state index contributed by atoms with van der Waals surface area (Å²) in [5.41, 5.74) is -1.37. The van der Waals surface area contributed by atoms with Gasteiger partial charge in [-0.3, -0.25) is 14.6 Å². The highest BCUT2D eigenvalue weighted by Gasteiger charge is 2.59. The molecule has 1 atom stereocenters. The molecule has 40 heavy (non-hydrogen) atoms. The summed E-state index contributed by atoms with van der Waals surface area (Å²) >= 11 is 5.73. The van der Waals surface area contributed by atoms with Crippen LogP contribution in [-0.2, 0) is 17.4 Å². The van der Waals surface area contributed by atoms with Gasteiger partial charge in [-0.1, -0.05) is 6.92 Å². The van der Waals surface area contributed by atoms with Crippen LogP contribution in [0.5, 0.6) is 5.75 Å². The van der Waals surface area contributed by atoms with Gasteiger partial charge < -0.3 is 15.0 Å². The molecule has 1 aromatic carbocycles. The Morgan fingerprint density at radius 2 is 2.05 bits per heavy atom. The third-order valence-electron chi connectivity index (χ3n) is 7.94. The van der Waals surface area contributed by atoms with E-state index >= 15 is 0 Å². The first-order valence-corrected chi connectivity index (χ1v) is 13.9. The average molecular weight is 573 g/mol.